The summed E-state index contributed by atoms with van der Waals surface area (Å²) < 4.78 is 0. The fourth-order valence-electron chi connectivity index (χ4n) is 3.12. The third-order valence-corrected chi connectivity index (χ3v) is 4.74. The highest BCUT2D eigenvalue weighted by Gasteiger charge is 2.24. The number of aryl methyl sites for hydroxylation is 1. The molecule has 1 amide bonds. The predicted molar refractivity (Wildman–Crippen MR) is 102 cm³/mol. The number of anilines is 1. The van der Waals surface area contributed by atoms with E-state index in [0.717, 1.165) is 42.5 Å². The van der Waals surface area contributed by atoms with E-state index in [1.165, 1.54) is 6.42 Å². The van der Waals surface area contributed by atoms with Crippen LogP contribution in [0.3, 0.4) is 0 Å². The van der Waals surface area contributed by atoms with E-state index < -0.39 is 0 Å². The molecule has 3 heteroatoms. The van der Waals surface area contributed by atoms with Crippen LogP contribution >= 0.6 is 0 Å². The number of hydrogen-bond acceptors (Lipinski definition) is 2. The van der Waals surface area contributed by atoms with Crippen LogP contribution in [0, 0.1) is 18.8 Å². The lowest BCUT2D eigenvalue weighted by Gasteiger charge is -2.27. The molecule has 0 saturated heterocycles. The summed E-state index contributed by atoms with van der Waals surface area (Å²) in [5, 5.41) is 2.94. The number of para-hydroxylation sites is 1. The van der Waals surface area contributed by atoms with Crippen molar-refractivity contribution in [3.63, 3.8) is 0 Å². The molecule has 0 spiro atoms. The number of hydrogen-bond donors (Lipinski definition) is 2. The maximum atomic E-state index is 12.4. The van der Waals surface area contributed by atoms with Crippen molar-refractivity contribution in [2.75, 3.05) is 5.32 Å². The Morgan fingerprint density at radius 3 is 2.40 bits per heavy atom. The molecule has 1 aliphatic carbocycles. The first kappa shape index (κ1) is 17.3. The van der Waals surface area contributed by atoms with E-state index in [0.29, 0.717) is 5.56 Å². The van der Waals surface area contributed by atoms with Gasteiger partial charge in [-0.15, -0.1) is 0 Å². The number of amides is 1. The first-order valence-corrected chi connectivity index (χ1v) is 8.85. The molecule has 3 rings (SSSR count). The third-order valence-electron chi connectivity index (χ3n) is 4.74. The maximum absolute atomic E-state index is 12.4. The summed E-state index contributed by atoms with van der Waals surface area (Å²) in [7, 11) is 0. The zero-order valence-electron chi connectivity index (χ0n) is 14.6. The van der Waals surface area contributed by atoms with Gasteiger partial charge in [0.25, 0.3) is 5.91 Å². The van der Waals surface area contributed by atoms with Crippen LogP contribution in [0.25, 0.3) is 0 Å². The molecule has 3 N–H and O–H groups in total. The van der Waals surface area contributed by atoms with Crippen LogP contribution in [0.1, 0.15) is 53.6 Å². The molecule has 0 bridgehead atoms. The van der Waals surface area contributed by atoms with Crippen LogP contribution in [0.4, 0.5) is 5.69 Å². The number of nitrogens with one attached hydrogen (secondary N) is 1. The van der Waals surface area contributed by atoms with E-state index in [2.05, 4.69) is 17.2 Å². The summed E-state index contributed by atoms with van der Waals surface area (Å²) in [4.78, 5) is 12.4. The lowest BCUT2D eigenvalue weighted by molar-refractivity contribution is 0.102. The molecular weight excluding hydrogens is 308 g/mol. The van der Waals surface area contributed by atoms with Crippen molar-refractivity contribution in [1.82, 2.24) is 0 Å². The monoisotopic (exact) mass is 332 g/mol. The van der Waals surface area contributed by atoms with Gasteiger partial charge in [0.1, 0.15) is 0 Å². The summed E-state index contributed by atoms with van der Waals surface area (Å²) in [5.74, 6) is 6.30. The quantitative estimate of drug-likeness (QED) is 0.807. The number of carbonyl (C=O) groups is 1. The molecule has 3 nitrogen and oxygen atoms in total. The fourth-order valence-corrected chi connectivity index (χ4v) is 3.12. The lowest BCUT2D eigenvalue weighted by Crippen LogP contribution is -2.40. The third kappa shape index (κ3) is 4.49. The van der Waals surface area contributed by atoms with Crippen LogP contribution < -0.4 is 11.1 Å². The second kappa shape index (κ2) is 7.55. The van der Waals surface area contributed by atoms with Gasteiger partial charge in [-0.2, -0.15) is 0 Å². The molecular formula is C22H24N2O. The Bertz CT molecular complexity index is 806. The minimum Gasteiger partial charge on any atom is -0.322 e. The van der Waals surface area contributed by atoms with Gasteiger partial charge < -0.3 is 11.1 Å². The van der Waals surface area contributed by atoms with Gasteiger partial charge in [-0.05, 0) is 55.7 Å². The molecule has 128 valence electrons. The Balaban J connectivity index is 1.68. The van der Waals surface area contributed by atoms with E-state index in [-0.39, 0.29) is 11.4 Å². The molecule has 0 atom stereocenters. The van der Waals surface area contributed by atoms with Crippen molar-refractivity contribution in [2.45, 2.75) is 44.6 Å². The number of carbonyl (C=O) groups excluding carboxylic acids is 1. The Hall–Kier alpha value is -2.57. The van der Waals surface area contributed by atoms with Crippen molar-refractivity contribution in [2.24, 2.45) is 5.73 Å². The van der Waals surface area contributed by atoms with Crippen LogP contribution in [-0.2, 0) is 0 Å². The van der Waals surface area contributed by atoms with E-state index in [4.69, 9.17) is 5.73 Å². The van der Waals surface area contributed by atoms with Crippen LogP contribution in [0.2, 0.25) is 0 Å². The van der Waals surface area contributed by atoms with Crippen LogP contribution in [0.15, 0.2) is 48.5 Å². The molecule has 1 saturated carbocycles. The van der Waals surface area contributed by atoms with E-state index >= 15 is 0 Å². The SMILES string of the molecule is Cc1ccccc1NC(=O)c1ccc(C#CC2(N)CCCCC2)cc1. The Morgan fingerprint density at radius 1 is 1.04 bits per heavy atom. The molecule has 0 aromatic heterocycles. The Labute approximate surface area is 149 Å². The predicted octanol–water partition coefficient (Wildman–Crippen LogP) is 4.26. The van der Waals surface area contributed by atoms with Crippen molar-refractivity contribution in [3.8, 4) is 11.8 Å². The normalized spacial score (nSPS) is 15.8. The van der Waals surface area contributed by atoms with Gasteiger partial charge >= 0.3 is 0 Å². The Kier molecular flexibility index (Phi) is 5.21. The first-order chi connectivity index (χ1) is 12.1. The van der Waals surface area contributed by atoms with Gasteiger partial charge in [-0.1, -0.05) is 49.3 Å². The molecule has 0 aliphatic heterocycles. The van der Waals surface area contributed by atoms with Gasteiger partial charge in [-0.25, -0.2) is 0 Å². The molecule has 0 unspecified atom stereocenters. The number of benzene rings is 2. The Morgan fingerprint density at radius 2 is 1.72 bits per heavy atom. The first-order valence-electron chi connectivity index (χ1n) is 8.85. The van der Waals surface area contributed by atoms with Crippen LogP contribution in [-0.4, -0.2) is 11.4 Å². The summed E-state index contributed by atoms with van der Waals surface area (Å²) in [6.07, 6.45) is 5.51. The average Bonchev–Trinajstić information content (AvgIpc) is 2.63. The summed E-state index contributed by atoms with van der Waals surface area (Å²) in [5.41, 5.74) is 9.38. The second-order valence-electron chi connectivity index (χ2n) is 6.81. The van der Waals surface area contributed by atoms with Crippen molar-refractivity contribution < 1.29 is 4.79 Å². The summed E-state index contributed by atoms with van der Waals surface area (Å²) >= 11 is 0. The van der Waals surface area contributed by atoms with E-state index in [1.54, 1.807) is 0 Å². The summed E-state index contributed by atoms with van der Waals surface area (Å²) in [6, 6.07) is 15.1. The molecule has 2 aromatic carbocycles. The van der Waals surface area contributed by atoms with Crippen molar-refractivity contribution in [1.29, 1.82) is 0 Å². The minimum absolute atomic E-state index is 0.114. The van der Waals surface area contributed by atoms with E-state index in [1.807, 2.05) is 55.5 Å². The molecule has 1 aliphatic rings. The summed E-state index contributed by atoms with van der Waals surface area (Å²) in [6.45, 7) is 1.97. The average molecular weight is 332 g/mol. The zero-order chi connectivity index (χ0) is 17.7. The number of nitrogens with two attached hydrogens (primary N) is 1. The fraction of sp³-hybridized carbons (Fsp3) is 0.318. The minimum atomic E-state index is -0.348. The lowest BCUT2D eigenvalue weighted by atomic mass is 9.83. The molecule has 1 fully saturated rings. The van der Waals surface area contributed by atoms with Crippen molar-refractivity contribution in [3.05, 3.63) is 65.2 Å². The van der Waals surface area contributed by atoms with Gasteiger partial charge in [0.2, 0.25) is 0 Å². The number of rotatable bonds is 2. The largest absolute Gasteiger partial charge is 0.322 e. The molecule has 0 radical (unpaired) electrons. The molecule has 2 aromatic rings. The zero-order valence-corrected chi connectivity index (χ0v) is 14.6. The highest BCUT2D eigenvalue weighted by molar-refractivity contribution is 6.04. The smallest absolute Gasteiger partial charge is 0.255 e. The van der Waals surface area contributed by atoms with Crippen LogP contribution in [0.5, 0.6) is 0 Å². The van der Waals surface area contributed by atoms with Gasteiger partial charge in [-0.3, -0.25) is 4.79 Å². The second-order valence-corrected chi connectivity index (χ2v) is 6.81. The highest BCUT2D eigenvalue weighted by atomic mass is 16.1. The van der Waals surface area contributed by atoms with Gasteiger partial charge in [0, 0.05) is 16.8 Å². The van der Waals surface area contributed by atoms with Crippen molar-refractivity contribution >= 4 is 11.6 Å². The molecule has 0 heterocycles. The molecule has 25 heavy (non-hydrogen) atoms. The maximum Gasteiger partial charge on any atom is 0.255 e. The topological polar surface area (TPSA) is 55.1 Å². The standard InChI is InChI=1S/C22H24N2O/c1-17-7-3-4-8-20(17)24-21(25)19-11-9-18(10-12-19)13-16-22(23)14-5-2-6-15-22/h3-4,7-12H,2,5-6,14-15,23H2,1H3,(H,24,25). The van der Waals surface area contributed by atoms with Gasteiger partial charge in [0.15, 0.2) is 0 Å². The highest BCUT2D eigenvalue weighted by Crippen LogP contribution is 2.25. The van der Waals surface area contributed by atoms with E-state index in [9.17, 15) is 4.79 Å². The van der Waals surface area contributed by atoms with Gasteiger partial charge in [0.05, 0.1) is 5.54 Å².